The Kier molecular flexibility index (Phi) is 9.09. The Bertz CT molecular complexity index is 859. The van der Waals surface area contributed by atoms with E-state index in [1.54, 1.807) is 30.3 Å². The number of carbonyl (C=O) groups is 2. The van der Waals surface area contributed by atoms with E-state index in [2.05, 4.69) is 10.6 Å². The Hall–Kier alpha value is -2.44. The highest BCUT2D eigenvalue weighted by molar-refractivity contribution is 6.42. The molecule has 0 spiro atoms. The van der Waals surface area contributed by atoms with Crippen molar-refractivity contribution in [3.63, 3.8) is 0 Å². The fraction of sp³-hybridized carbons (Fsp3) is 0.333. The number of benzene rings is 2. The van der Waals surface area contributed by atoms with E-state index in [4.69, 9.17) is 32.7 Å². The van der Waals surface area contributed by atoms with Gasteiger partial charge in [0.05, 0.1) is 29.8 Å². The minimum atomic E-state index is -0.373. The maximum Gasteiger partial charge on any atom is 0.251 e. The molecule has 8 heteroatoms. The minimum Gasteiger partial charge on any atom is -0.490 e. The Morgan fingerprint density at radius 3 is 2.41 bits per heavy atom. The number of rotatable bonds is 10. The van der Waals surface area contributed by atoms with Gasteiger partial charge < -0.3 is 20.1 Å². The van der Waals surface area contributed by atoms with Gasteiger partial charge in [0.15, 0.2) is 11.5 Å². The van der Waals surface area contributed by atoms with Crippen molar-refractivity contribution in [2.24, 2.45) is 0 Å². The normalized spacial score (nSPS) is 10.3. The van der Waals surface area contributed by atoms with Crippen LogP contribution >= 0.6 is 23.2 Å². The third-order valence-corrected chi connectivity index (χ3v) is 4.82. The van der Waals surface area contributed by atoms with Crippen molar-refractivity contribution in [3.05, 3.63) is 57.6 Å². The topological polar surface area (TPSA) is 76.7 Å². The van der Waals surface area contributed by atoms with E-state index in [0.717, 1.165) is 5.56 Å². The lowest BCUT2D eigenvalue weighted by Gasteiger charge is -2.12. The summed E-state index contributed by atoms with van der Waals surface area (Å²) in [7, 11) is 0. The predicted octanol–water partition coefficient (Wildman–Crippen LogP) is 3.88. The molecule has 2 amide bonds. The van der Waals surface area contributed by atoms with E-state index in [-0.39, 0.29) is 18.4 Å². The van der Waals surface area contributed by atoms with E-state index < -0.39 is 0 Å². The number of amides is 2. The van der Waals surface area contributed by atoms with Gasteiger partial charge in [-0.1, -0.05) is 35.3 Å². The molecule has 0 heterocycles. The van der Waals surface area contributed by atoms with Crippen molar-refractivity contribution in [1.29, 1.82) is 0 Å². The monoisotopic (exact) mass is 438 g/mol. The largest absolute Gasteiger partial charge is 0.490 e. The Labute approximate surface area is 180 Å². The zero-order chi connectivity index (χ0) is 21.2. The van der Waals surface area contributed by atoms with Crippen molar-refractivity contribution >= 4 is 35.0 Å². The molecule has 29 heavy (non-hydrogen) atoms. The van der Waals surface area contributed by atoms with Gasteiger partial charge in [-0.05, 0) is 50.1 Å². The number of carbonyl (C=O) groups excluding carboxylic acids is 2. The summed E-state index contributed by atoms with van der Waals surface area (Å²) >= 11 is 12.1. The van der Waals surface area contributed by atoms with Crippen LogP contribution in [-0.2, 0) is 11.2 Å². The molecule has 0 aliphatic rings. The van der Waals surface area contributed by atoms with Crippen molar-refractivity contribution in [2.45, 2.75) is 20.3 Å². The minimum absolute atomic E-state index is 0.140. The maximum absolute atomic E-state index is 12.3. The van der Waals surface area contributed by atoms with Crippen LogP contribution in [0.15, 0.2) is 36.4 Å². The van der Waals surface area contributed by atoms with Crippen LogP contribution < -0.4 is 20.1 Å². The standard InChI is InChI=1S/C21H24Cl2N2O4/c1-3-28-17-9-8-15(12-18(17)29-4-2)21(27)25-13-19(26)24-11-10-14-6-5-7-16(22)20(14)23/h5-9,12H,3-4,10-11,13H2,1-2H3,(H,24,26)(H,25,27). The molecular weight excluding hydrogens is 415 g/mol. The summed E-state index contributed by atoms with van der Waals surface area (Å²) in [5.41, 5.74) is 1.23. The molecule has 0 radical (unpaired) electrons. The van der Waals surface area contributed by atoms with Crippen molar-refractivity contribution in [1.82, 2.24) is 10.6 Å². The molecular formula is C21H24Cl2N2O4. The molecule has 2 aromatic carbocycles. The highest BCUT2D eigenvalue weighted by atomic mass is 35.5. The van der Waals surface area contributed by atoms with Crippen LogP contribution in [0.4, 0.5) is 0 Å². The van der Waals surface area contributed by atoms with E-state index in [9.17, 15) is 9.59 Å². The van der Waals surface area contributed by atoms with E-state index in [1.165, 1.54) is 0 Å². The molecule has 0 atom stereocenters. The summed E-state index contributed by atoms with van der Waals surface area (Å²) in [5, 5.41) is 6.30. The van der Waals surface area contributed by atoms with Crippen LogP contribution in [0.3, 0.4) is 0 Å². The second kappa shape index (κ2) is 11.5. The molecule has 0 bridgehead atoms. The lowest BCUT2D eigenvalue weighted by Crippen LogP contribution is -2.37. The zero-order valence-corrected chi connectivity index (χ0v) is 17.9. The van der Waals surface area contributed by atoms with Crippen LogP contribution in [0.5, 0.6) is 11.5 Å². The fourth-order valence-electron chi connectivity index (χ4n) is 2.60. The molecule has 0 aliphatic heterocycles. The summed E-state index contributed by atoms with van der Waals surface area (Å²) in [4.78, 5) is 24.3. The highest BCUT2D eigenvalue weighted by Gasteiger charge is 2.13. The summed E-state index contributed by atoms with van der Waals surface area (Å²) in [6.45, 7) is 4.90. The number of ether oxygens (including phenoxy) is 2. The zero-order valence-electron chi connectivity index (χ0n) is 16.4. The molecule has 0 aliphatic carbocycles. The van der Waals surface area contributed by atoms with Crippen LogP contribution in [0.2, 0.25) is 10.0 Å². The second-order valence-corrected chi connectivity index (χ2v) is 6.81. The Morgan fingerprint density at radius 2 is 1.69 bits per heavy atom. The molecule has 2 aromatic rings. The van der Waals surface area contributed by atoms with Crippen LogP contribution in [0, 0.1) is 0 Å². The van der Waals surface area contributed by atoms with Gasteiger partial charge in [0.2, 0.25) is 5.91 Å². The number of hydrogen-bond acceptors (Lipinski definition) is 4. The van der Waals surface area contributed by atoms with Crippen molar-refractivity contribution in [2.75, 3.05) is 26.3 Å². The lowest BCUT2D eigenvalue weighted by atomic mass is 10.1. The highest BCUT2D eigenvalue weighted by Crippen LogP contribution is 2.28. The molecule has 0 unspecified atom stereocenters. The van der Waals surface area contributed by atoms with Gasteiger partial charge in [-0.3, -0.25) is 9.59 Å². The maximum atomic E-state index is 12.3. The van der Waals surface area contributed by atoms with E-state index >= 15 is 0 Å². The quantitative estimate of drug-likeness (QED) is 0.589. The Balaban J connectivity index is 1.84. The van der Waals surface area contributed by atoms with E-state index in [0.29, 0.717) is 53.3 Å². The third-order valence-electron chi connectivity index (χ3n) is 3.96. The smallest absolute Gasteiger partial charge is 0.251 e. The van der Waals surface area contributed by atoms with Gasteiger partial charge in [0, 0.05) is 12.1 Å². The summed E-state index contributed by atoms with van der Waals surface area (Å²) in [6, 6.07) is 10.3. The summed E-state index contributed by atoms with van der Waals surface area (Å²) in [6.07, 6.45) is 0.537. The van der Waals surface area contributed by atoms with Gasteiger partial charge in [0.25, 0.3) is 5.91 Å². The van der Waals surface area contributed by atoms with Crippen LogP contribution in [0.1, 0.15) is 29.8 Å². The van der Waals surface area contributed by atoms with Crippen LogP contribution in [0.25, 0.3) is 0 Å². The molecule has 156 valence electrons. The number of hydrogen-bond donors (Lipinski definition) is 2. The third kappa shape index (κ3) is 6.84. The SMILES string of the molecule is CCOc1ccc(C(=O)NCC(=O)NCCc2cccc(Cl)c2Cl)cc1OCC. The first kappa shape index (κ1) is 22.8. The molecule has 0 aromatic heterocycles. The van der Waals surface area contributed by atoms with Gasteiger partial charge in [0.1, 0.15) is 0 Å². The molecule has 6 nitrogen and oxygen atoms in total. The average Bonchev–Trinajstić information content (AvgIpc) is 2.71. The van der Waals surface area contributed by atoms with Gasteiger partial charge in [-0.25, -0.2) is 0 Å². The molecule has 0 saturated carbocycles. The second-order valence-electron chi connectivity index (χ2n) is 6.02. The average molecular weight is 439 g/mol. The van der Waals surface area contributed by atoms with Crippen molar-refractivity contribution in [3.8, 4) is 11.5 Å². The molecule has 0 saturated heterocycles. The summed E-state index contributed by atoms with van der Waals surface area (Å²) < 4.78 is 11.0. The van der Waals surface area contributed by atoms with Crippen molar-refractivity contribution < 1.29 is 19.1 Å². The van der Waals surface area contributed by atoms with Crippen LogP contribution in [-0.4, -0.2) is 38.1 Å². The first-order chi connectivity index (χ1) is 14.0. The first-order valence-electron chi connectivity index (χ1n) is 9.33. The van der Waals surface area contributed by atoms with E-state index in [1.807, 2.05) is 19.9 Å². The molecule has 2 rings (SSSR count). The number of halogens is 2. The molecule has 0 fully saturated rings. The van der Waals surface area contributed by atoms with Gasteiger partial charge in [-0.2, -0.15) is 0 Å². The first-order valence-corrected chi connectivity index (χ1v) is 10.1. The van der Waals surface area contributed by atoms with Gasteiger partial charge >= 0.3 is 0 Å². The number of nitrogens with one attached hydrogen (secondary N) is 2. The predicted molar refractivity (Wildman–Crippen MR) is 114 cm³/mol. The summed E-state index contributed by atoms with van der Waals surface area (Å²) in [5.74, 6) is 0.391. The lowest BCUT2D eigenvalue weighted by molar-refractivity contribution is -0.120. The fourth-order valence-corrected chi connectivity index (χ4v) is 3.01. The molecule has 2 N–H and O–H groups in total. The van der Waals surface area contributed by atoms with Gasteiger partial charge in [-0.15, -0.1) is 0 Å². The Morgan fingerprint density at radius 1 is 0.966 bits per heavy atom.